The third kappa shape index (κ3) is 3.82. The summed E-state index contributed by atoms with van der Waals surface area (Å²) in [7, 11) is 0. The van der Waals surface area contributed by atoms with Crippen LogP contribution in [0.1, 0.15) is 28.9 Å². The van der Waals surface area contributed by atoms with Crippen LogP contribution in [0.4, 0.5) is 5.69 Å². The molecule has 2 aromatic carbocycles. The molecule has 0 saturated carbocycles. The van der Waals surface area contributed by atoms with Gasteiger partial charge in [0, 0.05) is 11.7 Å². The minimum atomic E-state index is -0.552. The second kappa shape index (κ2) is 6.56. The minimum Gasteiger partial charge on any atom is -0.378 e. The average Bonchev–Trinajstić information content (AvgIpc) is 2.41. The van der Waals surface area contributed by atoms with E-state index in [2.05, 4.69) is 5.32 Å². The van der Waals surface area contributed by atoms with Gasteiger partial charge in [-0.1, -0.05) is 40.9 Å². The Labute approximate surface area is 138 Å². The van der Waals surface area contributed by atoms with Gasteiger partial charge in [0.05, 0.1) is 20.6 Å². The summed E-state index contributed by atoms with van der Waals surface area (Å²) in [5.74, 6) is -0.552. The fourth-order valence-corrected chi connectivity index (χ4v) is 2.50. The number of carbonyl (C=O) groups excluding carboxylic acids is 1. The Hall–Kier alpha value is -1.42. The summed E-state index contributed by atoms with van der Waals surface area (Å²) in [6, 6.07) is 10.5. The Bertz CT molecular complexity index is 689. The summed E-state index contributed by atoms with van der Waals surface area (Å²) >= 11 is 17.9. The summed E-state index contributed by atoms with van der Waals surface area (Å²) in [6.07, 6.45) is 0. The van der Waals surface area contributed by atoms with Crippen molar-refractivity contribution >= 4 is 46.4 Å². The lowest BCUT2D eigenvalue weighted by atomic mass is 10.1. The smallest absolute Gasteiger partial charge is 0.250 e. The summed E-state index contributed by atoms with van der Waals surface area (Å²) in [5.41, 5.74) is 7.28. The molecule has 0 aliphatic rings. The summed E-state index contributed by atoms with van der Waals surface area (Å²) in [4.78, 5) is 11.1. The molecule has 0 saturated heterocycles. The monoisotopic (exact) mass is 342 g/mol. The molecule has 0 radical (unpaired) electrons. The standard InChI is InChI=1S/C15H13Cl3N2O/c1-8(9-2-5-12(16)14(18)6-9)20-10-3-4-11(15(19)21)13(17)7-10/h2-8,20H,1H3,(H2,19,21). The average molecular weight is 344 g/mol. The van der Waals surface area contributed by atoms with Gasteiger partial charge in [-0.05, 0) is 42.8 Å². The van der Waals surface area contributed by atoms with Crippen molar-refractivity contribution in [2.75, 3.05) is 5.32 Å². The Morgan fingerprint density at radius 2 is 1.76 bits per heavy atom. The van der Waals surface area contributed by atoms with Crippen LogP contribution in [0.3, 0.4) is 0 Å². The van der Waals surface area contributed by atoms with Gasteiger partial charge < -0.3 is 11.1 Å². The first-order chi connectivity index (χ1) is 9.88. The van der Waals surface area contributed by atoms with Crippen molar-refractivity contribution in [3.63, 3.8) is 0 Å². The van der Waals surface area contributed by atoms with E-state index in [1.54, 1.807) is 30.3 Å². The number of carbonyl (C=O) groups is 1. The van der Waals surface area contributed by atoms with Crippen LogP contribution in [0.5, 0.6) is 0 Å². The third-order valence-electron chi connectivity index (χ3n) is 3.06. The molecule has 0 heterocycles. The van der Waals surface area contributed by atoms with E-state index in [0.717, 1.165) is 11.3 Å². The van der Waals surface area contributed by atoms with E-state index >= 15 is 0 Å². The SMILES string of the molecule is CC(Nc1ccc(C(N)=O)c(Cl)c1)c1ccc(Cl)c(Cl)c1. The number of amides is 1. The van der Waals surface area contributed by atoms with Gasteiger partial charge in [0.2, 0.25) is 5.91 Å². The first-order valence-corrected chi connectivity index (χ1v) is 7.32. The van der Waals surface area contributed by atoms with Crippen LogP contribution in [0.15, 0.2) is 36.4 Å². The number of nitrogens with two attached hydrogens (primary N) is 1. The maximum atomic E-state index is 11.1. The largest absolute Gasteiger partial charge is 0.378 e. The maximum absolute atomic E-state index is 11.1. The number of rotatable bonds is 4. The van der Waals surface area contributed by atoms with E-state index in [0.29, 0.717) is 20.6 Å². The molecule has 1 atom stereocenters. The molecule has 2 rings (SSSR count). The predicted molar refractivity (Wildman–Crippen MR) is 88.5 cm³/mol. The molecule has 3 nitrogen and oxygen atoms in total. The molecule has 1 unspecified atom stereocenters. The molecule has 3 N–H and O–H groups in total. The third-order valence-corrected chi connectivity index (χ3v) is 4.11. The van der Waals surface area contributed by atoms with Crippen molar-refractivity contribution in [1.82, 2.24) is 0 Å². The van der Waals surface area contributed by atoms with E-state index in [1.807, 2.05) is 13.0 Å². The first kappa shape index (κ1) is 16.0. The first-order valence-electron chi connectivity index (χ1n) is 6.19. The van der Waals surface area contributed by atoms with E-state index < -0.39 is 5.91 Å². The number of hydrogen-bond acceptors (Lipinski definition) is 2. The van der Waals surface area contributed by atoms with Gasteiger partial charge in [0.15, 0.2) is 0 Å². The zero-order valence-corrected chi connectivity index (χ0v) is 13.4. The molecule has 0 spiro atoms. The van der Waals surface area contributed by atoms with Crippen molar-refractivity contribution in [3.8, 4) is 0 Å². The van der Waals surface area contributed by atoms with E-state index in [1.165, 1.54) is 0 Å². The van der Waals surface area contributed by atoms with Crippen LogP contribution in [-0.4, -0.2) is 5.91 Å². The Kier molecular flexibility index (Phi) is 4.99. The zero-order valence-electron chi connectivity index (χ0n) is 11.2. The summed E-state index contributed by atoms with van der Waals surface area (Å²) in [5, 5.41) is 4.61. The molecule has 0 aliphatic heterocycles. The number of anilines is 1. The highest BCUT2D eigenvalue weighted by Crippen LogP contribution is 2.28. The molecule has 1 amide bonds. The number of benzene rings is 2. The quantitative estimate of drug-likeness (QED) is 0.828. The molecule has 0 aromatic heterocycles. The Morgan fingerprint density at radius 1 is 1.05 bits per heavy atom. The van der Waals surface area contributed by atoms with Crippen molar-refractivity contribution in [1.29, 1.82) is 0 Å². The number of primary amides is 1. The summed E-state index contributed by atoms with van der Waals surface area (Å²) in [6.45, 7) is 1.98. The Morgan fingerprint density at radius 3 is 2.33 bits per heavy atom. The molecule has 0 aliphatic carbocycles. The molecule has 110 valence electrons. The van der Waals surface area contributed by atoms with Crippen molar-refractivity contribution in [3.05, 3.63) is 62.6 Å². The molecule has 6 heteroatoms. The second-order valence-corrected chi connectivity index (χ2v) is 5.82. The number of nitrogens with one attached hydrogen (secondary N) is 1. The van der Waals surface area contributed by atoms with Crippen LogP contribution in [0, 0.1) is 0 Å². The van der Waals surface area contributed by atoms with Gasteiger partial charge in [-0.3, -0.25) is 4.79 Å². The normalized spacial score (nSPS) is 12.0. The van der Waals surface area contributed by atoms with E-state index in [4.69, 9.17) is 40.5 Å². The van der Waals surface area contributed by atoms with Crippen LogP contribution in [0.25, 0.3) is 0 Å². The zero-order chi connectivity index (χ0) is 15.6. The van der Waals surface area contributed by atoms with Gasteiger partial charge in [-0.2, -0.15) is 0 Å². The molecular formula is C15H13Cl3N2O. The maximum Gasteiger partial charge on any atom is 0.250 e. The molecular weight excluding hydrogens is 331 g/mol. The van der Waals surface area contributed by atoms with Gasteiger partial charge in [-0.25, -0.2) is 0 Å². The topological polar surface area (TPSA) is 55.1 Å². The van der Waals surface area contributed by atoms with Crippen molar-refractivity contribution in [2.45, 2.75) is 13.0 Å². The minimum absolute atomic E-state index is 0.00439. The van der Waals surface area contributed by atoms with E-state index in [9.17, 15) is 4.79 Å². The molecule has 21 heavy (non-hydrogen) atoms. The van der Waals surface area contributed by atoms with Gasteiger partial charge in [0.25, 0.3) is 0 Å². The lowest BCUT2D eigenvalue weighted by molar-refractivity contribution is 0.100. The fourth-order valence-electron chi connectivity index (χ4n) is 1.92. The van der Waals surface area contributed by atoms with Gasteiger partial charge in [0.1, 0.15) is 0 Å². The molecule has 0 fully saturated rings. The van der Waals surface area contributed by atoms with Gasteiger partial charge >= 0.3 is 0 Å². The van der Waals surface area contributed by atoms with Crippen LogP contribution >= 0.6 is 34.8 Å². The van der Waals surface area contributed by atoms with E-state index in [-0.39, 0.29) is 6.04 Å². The predicted octanol–water partition coefficient (Wildman–Crippen LogP) is 4.92. The number of halogens is 3. The van der Waals surface area contributed by atoms with Crippen molar-refractivity contribution in [2.24, 2.45) is 5.73 Å². The highest BCUT2D eigenvalue weighted by Gasteiger charge is 2.10. The highest BCUT2D eigenvalue weighted by atomic mass is 35.5. The highest BCUT2D eigenvalue weighted by molar-refractivity contribution is 6.42. The lowest BCUT2D eigenvalue weighted by Crippen LogP contribution is -2.12. The van der Waals surface area contributed by atoms with Crippen LogP contribution in [0.2, 0.25) is 15.1 Å². The van der Waals surface area contributed by atoms with Crippen molar-refractivity contribution < 1.29 is 4.79 Å². The van der Waals surface area contributed by atoms with Crippen LogP contribution in [-0.2, 0) is 0 Å². The Balaban J connectivity index is 2.19. The lowest BCUT2D eigenvalue weighted by Gasteiger charge is -2.17. The number of hydrogen-bond donors (Lipinski definition) is 2. The summed E-state index contributed by atoms with van der Waals surface area (Å²) < 4.78 is 0. The molecule has 0 bridgehead atoms. The van der Waals surface area contributed by atoms with Gasteiger partial charge in [-0.15, -0.1) is 0 Å². The van der Waals surface area contributed by atoms with Crippen LogP contribution < -0.4 is 11.1 Å². The fraction of sp³-hybridized carbons (Fsp3) is 0.133. The second-order valence-electron chi connectivity index (χ2n) is 4.60. The molecule has 2 aromatic rings.